The Morgan fingerprint density at radius 3 is 2.91 bits per heavy atom. The van der Waals surface area contributed by atoms with E-state index in [1.807, 2.05) is 11.1 Å². The van der Waals surface area contributed by atoms with Gasteiger partial charge < -0.3 is 14.5 Å². The summed E-state index contributed by atoms with van der Waals surface area (Å²) < 4.78 is 5.90. The molecule has 2 aliphatic heterocycles. The van der Waals surface area contributed by atoms with E-state index in [0.717, 1.165) is 77.6 Å². The van der Waals surface area contributed by atoms with Gasteiger partial charge >= 0.3 is 0 Å². The van der Waals surface area contributed by atoms with Crippen LogP contribution >= 0.6 is 0 Å². The minimum absolute atomic E-state index is 0.252. The average Bonchev–Trinajstić information content (AvgIpc) is 3.39. The summed E-state index contributed by atoms with van der Waals surface area (Å²) >= 11 is 0. The van der Waals surface area contributed by atoms with Gasteiger partial charge in [-0.25, -0.2) is 4.98 Å². The van der Waals surface area contributed by atoms with E-state index in [4.69, 9.17) is 14.7 Å². The molecule has 0 atom stereocenters. The highest BCUT2D eigenvalue weighted by Gasteiger charge is 2.35. The summed E-state index contributed by atoms with van der Waals surface area (Å²) in [4.78, 5) is 26.5. The molecule has 6 heteroatoms. The van der Waals surface area contributed by atoms with Crippen molar-refractivity contribution in [1.82, 2.24) is 14.9 Å². The largest absolute Gasteiger partial charge is 0.490 e. The molecule has 2 aromatic rings. The molecule has 3 heterocycles. The van der Waals surface area contributed by atoms with Gasteiger partial charge in [0.05, 0.1) is 35.5 Å². The van der Waals surface area contributed by atoms with E-state index >= 15 is 0 Å². The van der Waals surface area contributed by atoms with E-state index < -0.39 is 0 Å². The molecule has 1 aromatic heterocycles. The first-order valence-electron chi connectivity index (χ1n) is 11.7. The number of hydrogen-bond donors (Lipinski definition) is 0. The van der Waals surface area contributed by atoms with Gasteiger partial charge in [0.25, 0.3) is 0 Å². The molecule has 1 saturated carbocycles. The van der Waals surface area contributed by atoms with Crippen molar-refractivity contribution in [3.05, 3.63) is 59.2 Å². The minimum Gasteiger partial charge on any atom is -0.490 e. The highest BCUT2D eigenvalue weighted by Crippen LogP contribution is 2.39. The molecule has 0 bridgehead atoms. The number of allylic oxidation sites excluding steroid dienone is 1. The van der Waals surface area contributed by atoms with Gasteiger partial charge in [0.15, 0.2) is 0 Å². The van der Waals surface area contributed by atoms with Gasteiger partial charge in [0.1, 0.15) is 12.4 Å². The first kappa shape index (κ1) is 19.5. The topological polar surface area (TPSA) is 58.6 Å². The maximum Gasteiger partial charge on any atom is 0.226 e. The van der Waals surface area contributed by atoms with E-state index in [2.05, 4.69) is 49.1 Å². The highest BCUT2D eigenvalue weighted by molar-refractivity contribution is 5.87. The summed E-state index contributed by atoms with van der Waals surface area (Å²) in [6.45, 7) is 7.38. The monoisotopic (exact) mass is 428 g/mol. The van der Waals surface area contributed by atoms with Crippen LogP contribution in [-0.4, -0.2) is 53.1 Å². The molecule has 1 amide bonds. The molecule has 32 heavy (non-hydrogen) atoms. The molecule has 0 spiro atoms. The lowest BCUT2D eigenvalue weighted by atomic mass is 10.0. The Bertz CT molecular complexity index is 1160. The summed E-state index contributed by atoms with van der Waals surface area (Å²) in [5, 5.41) is 0. The molecule has 0 saturated heterocycles. The van der Waals surface area contributed by atoms with Crippen molar-refractivity contribution >= 4 is 22.7 Å². The Hall–Kier alpha value is -3.15. The number of amides is 1. The smallest absolute Gasteiger partial charge is 0.226 e. The van der Waals surface area contributed by atoms with Crippen LogP contribution in [0.25, 0.3) is 11.1 Å². The number of anilines is 1. The number of aromatic nitrogens is 2. The summed E-state index contributed by atoms with van der Waals surface area (Å²) in [6, 6.07) is 6.85. The van der Waals surface area contributed by atoms with Crippen LogP contribution in [0.2, 0.25) is 0 Å². The summed E-state index contributed by atoms with van der Waals surface area (Å²) in [5.41, 5.74) is 7.39. The molecule has 6 rings (SSSR count). The van der Waals surface area contributed by atoms with Crippen LogP contribution in [0, 0.1) is 5.92 Å². The van der Waals surface area contributed by atoms with Gasteiger partial charge in [-0.15, -0.1) is 0 Å². The second-order valence-electron chi connectivity index (χ2n) is 9.41. The normalized spacial score (nSPS) is 19.5. The zero-order chi connectivity index (χ0) is 21.8. The second kappa shape index (κ2) is 7.47. The van der Waals surface area contributed by atoms with E-state index in [1.165, 1.54) is 0 Å². The van der Waals surface area contributed by atoms with Crippen molar-refractivity contribution in [3.8, 4) is 5.75 Å². The van der Waals surface area contributed by atoms with E-state index in [9.17, 15) is 4.79 Å². The van der Waals surface area contributed by atoms with Gasteiger partial charge in [-0.1, -0.05) is 18.2 Å². The number of carbonyl (C=O) groups is 1. The quantitative estimate of drug-likeness (QED) is 0.743. The van der Waals surface area contributed by atoms with Crippen molar-refractivity contribution in [2.75, 3.05) is 31.1 Å². The Morgan fingerprint density at radius 2 is 2.09 bits per heavy atom. The molecule has 0 N–H and O–H groups in total. The van der Waals surface area contributed by atoms with Gasteiger partial charge in [-0.3, -0.25) is 9.78 Å². The summed E-state index contributed by atoms with van der Waals surface area (Å²) in [6.07, 6.45) is 9.10. The Kier molecular flexibility index (Phi) is 4.56. The highest BCUT2D eigenvalue weighted by atomic mass is 16.5. The number of hydrogen-bond acceptors (Lipinski definition) is 5. The van der Waals surface area contributed by atoms with E-state index in [1.54, 1.807) is 0 Å². The number of benzene rings is 1. The molecule has 0 radical (unpaired) electrons. The van der Waals surface area contributed by atoms with Crippen molar-refractivity contribution in [2.45, 2.75) is 39.2 Å². The minimum atomic E-state index is 0.252. The standard InChI is InChI=1S/C26H28N4O2/c1-16(2)30-11-12-32-24-8-5-18(13-23(24)30)20-6-7-21-25(20)28-22(14-27-21)19-9-10-29(15-19)26(31)17-3-4-17/h5-6,8-9,13-14,16-17H,3-4,7,10-12,15H2,1-2H3. The first-order valence-corrected chi connectivity index (χ1v) is 11.7. The predicted octanol–water partition coefficient (Wildman–Crippen LogP) is 3.71. The Labute approximate surface area is 188 Å². The number of fused-ring (bicyclic) bond motifs is 2. The van der Waals surface area contributed by atoms with Crippen LogP contribution in [0.1, 0.15) is 49.3 Å². The summed E-state index contributed by atoms with van der Waals surface area (Å²) in [7, 11) is 0. The molecule has 1 fully saturated rings. The fourth-order valence-corrected chi connectivity index (χ4v) is 4.92. The SMILES string of the molecule is CC(C)N1CCOc2ccc(C3=CCc4ncc(C5=CCN(C(=O)C6CC6)C5)nc43)cc21. The van der Waals surface area contributed by atoms with Crippen molar-refractivity contribution in [1.29, 1.82) is 0 Å². The van der Waals surface area contributed by atoms with Gasteiger partial charge in [-0.2, -0.15) is 0 Å². The third kappa shape index (κ3) is 3.29. The third-order valence-electron chi connectivity index (χ3n) is 6.88. The van der Waals surface area contributed by atoms with Crippen LogP contribution in [0.15, 0.2) is 36.5 Å². The Balaban J connectivity index is 1.29. The number of rotatable bonds is 4. The number of nitrogens with zero attached hydrogens (tertiary/aromatic N) is 4. The number of ether oxygens (including phenoxy) is 1. The molecular formula is C26H28N4O2. The molecule has 6 nitrogen and oxygen atoms in total. The lowest BCUT2D eigenvalue weighted by Crippen LogP contribution is -2.37. The van der Waals surface area contributed by atoms with Crippen molar-refractivity contribution < 1.29 is 9.53 Å². The fraction of sp³-hybridized carbons (Fsp3) is 0.423. The average molecular weight is 429 g/mol. The summed E-state index contributed by atoms with van der Waals surface area (Å²) in [5.74, 6) is 1.49. The molecule has 0 unspecified atom stereocenters. The zero-order valence-corrected chi connectivity index (χ0v) is 18.7. The third-order valence-corrected chi connectivity index (χ3v) is 6.88. The van der Waals surface area contributed by atoms with Gasteiger partial charge in [0, 0.05) is 37.0 Å². The lowest BCUT2D eigenvalue weighted by molar-refractivity contribution is -0.131. The van der Waals surface area contributed by atoms with Crippen LogP contribution < -0.4 is 9.64 Å². The maximum atomic E-state index is 12.4. The van der Waals surface area contributed by atoms with Crippen molar-refractivity contribution in [3.63, 3.8) is 0 Å². The molecule has 2 aliphatic carbocycles. The fourth-order valence-electron chi connectivity index (χ4n) is 4.92. The van der Waals surface area contributed by atoms with Gasteiger partial charge in [0.2, 0.25) is 5.91 Å². The lowest BCUT2D eigenvalue weighted by Gasteiger charge is -2.34. The van der Waals surface area contributed by atoms with Crippen LogP contribution in [0.4, 0.5) is 5.69 Å². The molecular weight excluding hydrogens is 400 g/mol. The van der Waals surface area contributed by atoms with E-state index in [-0.39, 0.29) is 11.8 Å². The van der Waals surface area contributed by atoms with Gasteiger partial charge in [-0.05, 0) is 50.0 Å². The van der Waals surface area contributed by atoms with Crippen molar-refractivity contribution in [2.24, 2.45) is 5.92 Å². The first-order chi connectivity index (χ1) is 15.6. The van der Waals surface area contributed by atoms with Crippen LogP contribution in [-0.2, 0) is 11.2 Å². The second-order valence-corrected chi connectivity index (χ2v) is 9.41. The van der Waals surface area contributed by atoms with Crippen LogP contribution in [0.3, 0.4) is 0 Å². The number of carbonyl (C=O) groups excluding carboxylic acids is 1. The molecule has 4 aliphatic rings. The predicted molar refractivity (Wildman–Crippen MR) is 125 cm³/mol. The van der Waals surface area contributed by atoms with E-state index in [0.29, 0.717) is 19.1 Å². The molecule has 164 valence electrons. The molecule has 1 aromatic carbocycles. The van der Waals surface area contributed by atoms with Crippen LogP contribution in [0.5, 0.6) is 5.75 Å². The Morgan fingerprint density at radius 1 is 1.22 bits per heavy atom. The maximum absolute atomic E-state index is 12.4. The zero-order valence-electron chi connectivity index (χ0n) is 18.7.